The summed E-state index contributed by atoms with van der Waals surface area (Å²) in [6.07, 6.45) is 5.24. The van der Waals surface area contributed by atoms with E-state index in [4.69, 9.17) is 5.73 Å². The molecular weight excluding hydrogens is 232 g/mol. The van der Waals surface area contributed by atoms with E-state index in [1.165, 1.54) is 0 Å². The normalized spacial score (nSPS) is 12.3. The molecule has 2 aromatic rings. The second-order valence-electron chi connectivity index (χ2n) is 3.96. The van der Waals surface area contributed by atoms with Gasteiger partial charge in [0.25, 0.3) is 0 Å². The zero-order valence-electron chi connectivity index (χ0n) is 10.2. The number of carbonyl (C=O) groups is 1. The van der Waals surface area contributed by atoms with E-state index < -0.39 is 0 Å². The summed E-state index contributed by atoms with van der Waals surface area (Å²) in [4.78, 5) is 11.8. The van der Waals surface area contributed by atoms with Crippen LogP contribution in [-0.4, -0.2) is 32.0 Å². The van der Waals surface area contributed by atoms with E-state index in [9.17, 15) is 4.79 Å². The third kappa shape index (κ3) is 2.88. The second-order valence-corrected chi connectivity index (χ2v) is 3.96. The van der Waals surface area contributed by atoms with Crippen molar-refractivity contribution in [3.05, 3.63) is 30.7 Å². The van der Waals surface area contributed by atoms with Crippen molar-refractivity contribution in [2.45, 2.75) is 19.5 Å². The molecule has 1 atom stereocenters. The average molecular weight is 248 g/mol. The van der Waals surface area contributed by atoms with Gasteiger partial charge in [-0.05, 0) is 19.1 Å². The Morgan fingerprint density at radius 2 is 2.39 bits per heavy atom. The largest absolute Gasteiger partial charge is 0.382 e. The maximum atomic E-state index is 11.8. The van der Waals surface area contributed by atoms with Gasteiger partial charge in [-0.25, -0.2) is 0 Å². The fraction of sp³-hybridized carbons (Fsp3) is 0.364. The summed E-state index contributed by atoms with van der Waals surface area (Å²) in [5.41, 5.74) is 5.51. The molecule has 0 aliphatic rings. The van der Waals surface area contributed by atoms with Crippen LogP contribution in [0.25, 0.3) is 0 Å². The molecule has 3 N–H and O–H groups in total. The first-order valence-electron chi connectivity index (χ1n) is 5.72. The molecule has 18 heavy (non-hydrogen) atoms. The van der Waals surface area contributed by atoms with Gasteiger partial charge in [-0.2, -0.15) is 10.2 Å². The predicted octanol–water partition coefficient (Wildman–Crippen LogP) is 0.0392. The SMILES string of the molecule is CC(C(=O)NCCn1cccn1)n1ccc(N)n1. The highest BCUT2D eigenvalue weighted by Crippen LogP contribution is 2.06. The maximum Gasteiger partial charge on any atom is 0.244 e. The van der Waals surface area contributed by atoms with Crippen LogP contribution < -0.4 is 11.1 Å². The van der Waals surface area contributed by atoms with E-state index in [0.29, 0.717) is 18.9 Å². The topological polar surface area (TPSA) is 90.8 Å². The quantitative estimate of drug-likeness (QED) is 0.781. The van der Waals surface area contributed by atoms with Gasteiger partial charge in [-0.15, -0.1) is 0 Å². The Hall–Kier alpha value is -2.31. The average Bonchev–Trinajstić information content (AvgIpc) is 2.99. The number of nitrogens with one attached hydrogen (secondary N) is 1. The van der Waals surface area contributed by atoms with Crippen molar-refractivity contribution >= 4 is 11.7 Å². The number of nitrogens with two attached hydrogens (primary N) is 1. The molecule has 0 spiro atoms. The predicted molar refractivity (Wildman–Crippen MR) is 66.6 cm³/mol. The highest BCUT2D eigenvalue weighted by molar-refractivity contribution is 5.79. The first kappa shape index (κ1) is 12.2. The highest BCUT2D eigenvalue weighted by Gasteiger charge is 2.14. The molecule has 2 aromatic heterocycles. The number of aromatic nitrogens is 4. The summed E-state index contributed by atoms with van der Waals surface area (Å²) >= 11 is 0. The van der Waals surface area contributed by atoms with Crippen LogP contribution in [0.4, 0.5) is 5.82 Å². The van der Waals surface area contributed by atoms with Crippen molar-refractivity contribution in [2.75, 3.05) is 12.3 Å². The van der Waals surface area contributed by atoms with Crippen LogP contribution in [0.1, 0.15) is 13.0 Å². The summed E-state index contributed by atoms with van der Waals surface area (Å²) in [5.74, 6) is 0.316. The molecule has 7 heteroatoms. The van der Waals surface area contributed by atoms with Crippen LogP contribution in [0.2, 0.25) is 0 Å². The summed E-state index contributed by atoms with van der Waals surface area (Å²) < 4.78 is 3.30. The number of carbonyl (C=O) groups excluding carboxylic acids is 1. The van der Waals surface area contributed by atoms with Gasteiger partial charge < -0.3 is 11.1 Å². The van der Waals surface area contributed by atoms with Crippen LogP contribution in [0, 0.1) is 0 Å². The van der Waals surface area contributed by atoms with Gasteiger partial charge in [0, 0.05) is 25.1 Å². The lowest BCUT2D eigenvalue weighted by atomic mass is 10.3. The van der Waals surface area contributed by atoms with Crippen LogP contribution in [-0.2, 0) is 11.3 Å². The lowest BCUT2D eigenvalue weighted by molar-refractivity contribution is -0.124. The number of hydrogen-bond acceptors (Lipinski definition) is 4. The fourth-order valence-corrected chi connectivity index (χ4v) is 1.56. The third-order valence-corrected chi connectivity index (χ3v) is 2.60. The van der Waals surface area contributed by atoms with Gasteiger partial charge in [0.15, 0.2) is 0 Å². The van der Waals surface area contributed by atoms with E-state index in [1.807, 2.05) is 12.3 Å². The Morgan fingerprint density at radius 3 is 3.00 bits per heavy atom. The Labute approximate surface area is 105 Å². The number of nitrogen functional groups attached to an aromatic ring is 1. The van der Waals surface area contributed by atoms with Crippen molar-refractivity contribution in [1.29, 1.82) is 0 Å². The van der Waals surface area contributed by atoms with Crippen LogP contribution in [0.3, 0.4) is 0 Å². The minimum atomic E-state index is -0.375. The van der Waals surface area contributed by atoms with Crippen LogP contribution in [0.15, 0.2) is 30.7 Å². The molecule has 0 aliphatic heterocycles. The Bertz CT molecular complexity index is 503. The van der Waals surface area contributed by atoms with E-state index in [1.54, 1.807) is 34.7 Å². The number of amides is 1. The van der Waals surface area contributed by atoms with Gasteiger partial charge in [0.1, 0.15) is 11.9 Å². The van der Waals surface area contributed by atoms with E-state index in [-0.39, 0.29) is 11.9 Å². The molecule has 1 unspecified atom stereocenters. The van der Waals surface area contributed by atoms with Gasteiger partial charge >= 0.3 is 0 Å². The van der Waals surface area contributed by atoms with Crippen LogP contribution >= 0.6 is 0 Å². The van der Waals surface area contributed by atoms with Gasteiger partial charge in [-0.3, -0.25) is 14.2 Å². The number of hydrogen-bond donors (Lipinski definition) is 2. The molecule has 2 heterocycles. The molecule has 1 amide bonds. The summed E-state index contributed by atoms with van der Waals surface area (Å²) in [6, 6.07) is 3.13. The molecule has 0 radical (unpaired) electrons. The zero-order chi connectivity index (χ0) is 13.0. The van der Waals surface area contributed by atoms with E-state index in [0.717, 1.165) is 0 Å². The first-order valence-corrected chi connectivity index (χ1v) is 5.72. The maximum absolute atomic E-state index is 11.8. The van der Waals surface area contributed by atoms with E-state index in [2.05, 4.69) is 15.5 Å². The standard InChI is InChI=1S/C11H16N6O/c1-9(17-7-3-10(12)15-17)11(18)13-5-8-16-6-2-4-14-16/h2-4,6-7,9H,5,8H2,1H3,(H2,12,15)(H,13,18). The minimum Gasteiger partial charge on any atom is -0.382 e. The molecular formula is C11H16N6O. The molecule has 0 aliphatic carbocycles. The molecule has 2 rings (SSSR count). The molecule has 0 saturated carbocycles. The molecule has 96 valence electrons. The Morgan fingerprint density at radius 1 is 1.56 bits per heavy atom. The summed E-state index contributed by atoms with van der Waals surface area (Å²) in [7, 11) is 0. The van der Waals surface area contributed by atoms with Crippen molar-refractivity contribution in [3.8, 4) is 0 Å². The third-order valence-electron chi connectivity index (χ3n) is 2.60. The lowest BCUT2D eigenvalue weighted by Gasteiger charge is -2.12. The number of rotatable bonds is 5. The van der Waals surface area contributed by atoms with Crippen molar-refractivity contribution in [2.24, 2.45) is 0 Å². The van der Waals surface area contributed by atoms with E-state index >= 15 is 0 Å². The smallest absolute Gasteiger partial charge is 0.244 e. The first-order chi connectivity index (χ1) is 8.66. The van der Waals surface area contributed by atoms with Gasteiger partial charge in [0.05, 0.1) is 6.54 Å². The minimum absolute atomic E-state index is 0.0924. The van der Waals surface area contributed by atoms with Gasteiger partial charge in [-0.1, -0.05) is 0 Å². The number of anilines is 1. The lowest BCUT2D eigenvalue weighted by Crippen LogP contribution is -2.33. The highest BCUT2D eigenvalue weighted by atomic mass is 16.2. The fourth-order valence-electron chi connectivity index (χ4n) is 1.56. The second kappa shape index (κ2) is 5.35. The number of nitrogens with zero attached hydrogens (tertiary/aromatic N) is 4. The Kier molecular flexibility index (Phi) is 3.61. The van der Waals surface area contributed by atoms with Crippen molar-refractivity contribution in [1.82, 2.24) is 24.9 Å². The molecule has 0 fully saturated rings. The summed E-state index contributed by atoms with van der Waals surface area (Å²) in [5, 5.41) is 10.9. The zero-order valence-corrected chi connectivity index (χ0v) is 10.2. The van der Waals surface area contributed by atoms with Gasteiger partial charge in [0.2, 0.25) is 5.91 Å². The molecule has 7 nitrogen and oxygen atoms in total. The molecule has 0 bridgehead atoms. The molecule has 0 saturated heterocycles. The summed E-state index contributed by atoms with van der Waals surface area (Å²) in [6.45, 7) is 2.95. The monoisotopic (exact) mass is 248 g/mol. The Balaban J connectivity index is 1.81. The van der Waals surface area contributed by atoms with Crippen LogP contribution in [0.5, 0.6) is 0 Å². The molecule has 0 aromatic carbocycles. The van der Waals surface area contributed by atoms with Crippen molar-refractivity contribution in [3.63, 3.8) is 0 Å². The van der Waals surface area contributed by atoms with Crippen molar-refractivity contribution < 1.29 is 4.79 Å².